The first-order valence-corrected chi connectivity index (χ1v) is 13.6. The third kappa shape index (κ3) is 5.42. The van der Waals surface area contributed by atoms with Gasteiger partial charge < -0.3 is 12.8 Å². The maximum Gasteiger partial charge on any atom is 0.311 e. The van der Waals surface area contributed by atoms with Crippen molar-refractivity contribution < 1.29 is 8.23 Å². The van der Waals surface area contributed by atoms with E-state index in [1.54, 1.807) is 0 Å². The van der Waals surface area contributed by atoms with E-state index in [1.807, 2.05) is 0 Å². The topological polar surface area (TPSA) is 21.7 Å². The minimum atomic E-state index is -1.88. The Morgan fingerprint density at radius 3 is 1.71 bits per heavy atom. The van der Waals surface area contributed by atoms with E-state index in [0.29, 0.717) is 0 Å². The third-order valence-electron chi connectivity index (χ3n) is 2.09. The zero-order valence-corrected chi connectivity index (χ0v) is 14.0. The Labute approximate surface area is 92.6 Å². The monoisotopic (exact) mass is 251 g/mol. The lowest BCUT2D eigenvalue weighted by Crippen LogP contribution is -2.55. The lowest BCUT2D eigenvalue weighted by atomic mass is 11.3. The Morgan fingerprint density at radius 2 is 1.43 bits per heavy atom. The molecule has 0 radical (unpaired) electrons. The predicted molar refractivity (Wildman–Crippen MR) is 69.7 cm³/mol. The average molecular weight is 252 g/mol. The van der Waals surface area contributed by atoms with E-state index in [-0.39, 0.29) is 0 Å². The lowest BCUT2D eigenvalue weighted by Gasteiger charge is -2.38. The van der Waals surface area contributed by atoms with E-state index in [2.05, 4.69) is 57.9 Å². The fourth-order valence-corrected chi connectivity index (χ4v) is 12.0. The van der Waals surface area contributed by atoms with Crippen molar-refractivity contribution in [3.05, 3.63) is 0 Å². The smallest absolute Gasteiger partial charge is 0.311 e. The van der Waals surface area contributed by atoms with Crippen LogP contribution in [0.2, 0.25) is 39.3 Å². The lowest BCUT2D eigenvalue weighted by molar-refractivity contribution is 0.361. The van der Waals surface area contributed by atoms with E-state index in [9.17, 15) is 0 Å². The third-order valence-corrected chi connectivity index (χ3v) is 12.4. The number of hydrogen-bond acceptors (Lipinski definition) is 3. The maximum absolute atomic E-state index is 6.21. The van der Waals surface area contributed by atoms with Crippen LogP contribution in [0.25, 0.3) is 0 Å². The van der Waals surface area contributed by atoms with Crippen LogP contribution in [-0.2, 0) is 8.23 Å². The van der Waals surface area contributed by atoms with Gasteiger partial charge in [0.05, 0.1) is 0 Å². The molecule has 0 saturated carbocycles. The van der Waals surface area contributed by atoms with Crippen LogP contribution in [0.1, 0.15) is 0 Å². The molecular weight excluding hydrogens is 226 g/mol. The molecule has 0 fully saturated rings. The maximum atomic E-state index is 6.21. The molecule has 0 aromatic heterocycles. The molecule has 0 aliphatic heterocycles. The molecule has 0 heterocycles. The predicted octanol–water partition coefficient (Wildman–Crippen LogP) is 1.97. The molecule has 86 valence electrons. The summed E-state index contributed by atoms with van der Waals surface area (Å²) in [5.41, 5.74) is 0. The molecule has 0 atom stereocenters. The standard InChI is InChI=1S/C8H25NO2Si3/c1-9(2)13(5,6)11-14(7,8)10-12(3)4/h12H,1-8H3. The summed E-state index contributed by atoms with van der Waals surface area (Å²) < 4.78 is 14.4. The summed E-state index contributed by atoms with van der Waals surface area (Å²) in [6.45, 7) is 13.1. The van der Waals surface area contributed by atoms with Crippen molar-refractivity contribution in [2.45, 2.75) is 39.3 Å². The normalized spacial score (nSPS) is 14.1. The summed E-state index contributed by atoms with van der Waals surface area (Å²) >= 11 is 0. The number of nitrogens with zero attached hydrogens (tertiary/aromatic N) is 1. The van der Waals surface area contributed by atoms with E-state index in [1.165, 1.54) is 0 Å². The average Bonchev–Trinajstić information content (AvgIpc) is 1.79. The second-order valence-corrected chi connectivity index (χ2v) is 15.5. The second kappa shape index (κ2) is 5.04. The SMILES string of the molecule is CN(C)[Si](C)(C)O[Si](C)(C)O[SiH](C)C. The van der Waals surface area contributed by atoms with Gasteiger partial charge in [0.15, 0.2) is 9.04 Å². The largest absolute Gasteiger partial charge is 0.440 e. The van der Waals surface area contributed by atoms with Crippen LogP contribution >= 0.6 is 0 Å². The highest BCUT2D eigenvalue weighted by molar-refractivity contribution is 6.83. The van der Waals surface area contributed by atoms with Crippen molar-refractivity contribution in [3.63, 3.8) is 0 Å². The molecule has 0 aromatic carbocycles. The van der Waals surface area contributed by atoms with Gasteiger partial charge in [-0.3, -0.25) is 0 Å². The van der Waals surface area contributed by atoms with E-state index in [4.69, 9.17) is 8.23 Å². The van der Waals surface area contributed by atoms with Crippen LogP contribution in [0, 0.1) is 0 Å². The molecule has 0 bridgehead atoms. The highest BCUT2D eigenvalue weighted by atomic mass is 28.5. The molecule has 0 unspecified atom stereocenters. The van der Waals surface area contributed by atoms with Crippen LogP contribution < -0.4 is 0 Å². The number of hydrogen-bond donors (Lipinski definition) is 0. The van der Waals surface area contributed by atoms with Crippen molar-refractivity contribution in [1.82, 2.24) is 4.57 Å². The summed E-state index contributed by atoms with van der Waals surface area (Å²) in [5.74, 6) is 0. The zero-order valence-electron chi connectivity index (χ0n) is 10.8. The van der Waals surface area contributed by atoms with Crippen molar-refractivity contribution >= 4 is 26.1 Å². The minimum absolute atomic E-state index is 0.976. The summed E-state index contributed by atoms with van der Waals surface area (Å²) in [6, 6.07) is 0. The molecule has 0 aliphatic rings. The van der Waals surface area contributed by atoms with E-state index < -0.39 is 26.1 Å². The van der Waals surface area contributed by atoms with Gasteiger partial charge in [0, 0.05) is 0 Å². The van der Waals surface area contributed by atoms with Gasteiger partial charge in [0.2, 0.25) is 0 Å². The molecule has 0 saturated heterocycles. The Bertz CT molecular complexity index is 183. The molecule has 0 spiro atoms. The van der Waals surface area contributed by atoms with Gasteiger partial charge in [-0.1, -0.05) is 0 Å². The van der Waals surface area contributed by atoms with Crippen molar-refractivity contribution in [2.75, 3.05) is 14.1 Å². The molecule has 3 nitrogen and oxygen atoms in total. The van der Waals surface area contributed by atoms with Crippen LogP contribution in [0.4, 0.5) is 0 Å². The van der Waals surface area contributed by atoms with E-state index >= 15 is 0 Å². The molecule has 0 aliphatic carbocycles. The summed E-state index contributed by atoms with van der Waals surface area (Å²) in [7, 11) is -0.376. The van der Waals surface area contributed by atoms with Crippen LogP contribution in [0.15, 0.2) is 0 Å². The first-order valence-electron chi connectivity index (χ1n) is 5.12. The van der Waals surface area contributed by atoms with Gasteiger partial charge in [-0.05, 0) is 53.4 Å². The number of rotatable bonds is 5. The van der Waals surface area contributed by atoms with Gasteiger partial charge in [-0.2, -0.15) is 0 Å². The highest BCUT2D eigenvalue weighted by Gasteiger charge is 2.36. The van der Waals surface area contributed by atoms with Gasteiger partial charge in [0.1, 0.15) is 0 Å². The fourth-order valence-electron chi connectivity index (χ4n) is 1.28. The molecule has 6 heteroatoms. The Hall–Kier alpha value is 0.531. The van der Waals surface area contributed by atoms with Gasteiger partial charge in [-0.15, -0.1) is 0 Å². The van der Waals surface area contributed by atoms with Gasteiger partial charge in [-0.25, -0.2) is 0 Å². The van der Waals surface area contributed by atoms with Crippen molar-refractivity contribution in [3.8, 4) is 0 Å². The van der Waals surface area contributed by atoms with Crippen LogP contribution in [0.5, 0.6) is 0 Å². The fraction of sp³-hybridized carbons (Fsp3) is 1.00. The van der Waals surface area contributed by atoms with Gasteiger partial charge >= 0.3 is 8.56 Å². The Kier molecular flexibility index (Phi) is 5.23. The first-order chi connectivity index (χ1) is 6.07. The summed E-state index contributed by atoms with van der Waals surface area (Å²) in [6.07, 6.45) is 0. The first kappa shape index (κ1) is 14.5. The second-order valence-electron chi connectivity index (χ2n) is 5.01. The van der Waals surface area contributed by atoms with Crippen LogP contribution in [-0.4, -0.2) is 44.7 Å². The van der Waals surface area contributed by atoms with Crippen molar-refractivity contribution in [2.24, 2.45) is 0 Å². The molecule has 0 aromatic rings. The van der Waals surface area contributed by atoms with Gasteiger partial charge in [0.25, 0.3) is 8.48 Å². The molecular formula is C8H25NO2Si3. The summed E-state index contributed by atoms with van der Waals surface area (Å²) in [5, 5.41) is 0. The Balaban J connectivity index is 4.34. The summed E-state index contributed by atoms with van der Waals surface area (Å²) in [4.78, 5) is 0. The molecule has 0 N–H and O–H groups in total. The quantitative estimate of drug-likeness (QED) is 0.698. The van der Waals surface area contributed by atoms with Crippen molar-refractivity contribution in [1.29, 1.82) is 0 Å². The van der Waals surface area contributed by atoms with Crippen LogP contribution in [0.3, 0.4) is 0 Å². The van der Waals surface area contributed by atoms with E-state index in [0.717, 1.165) is 0 Å². The minimum Gasteiger partial charge on any atom is -0.440 e. The highest BCUT2D eigenvalue weighted by Crippen LogP contribution is 2.17. The molecule has 14 heavy (non-hydrogen) atoms. The zero-order chi connectivity index (χ0) is 11.6. The Morgan fingerprint density at radius 1 is 1.00 bits per heavy atom. The molecule has 0 amide bonds. The molecule has 0 rings (SSSR count).